The molecular formula is C17H14ClNO. The topological polar surface area (TPSA) is 20.3 Å². The summed E-state index contributed by atoms with van der Waals surface area (Å²) >= 11 is 6.07. The van der Waals surface area contributed by atoms with Gasteiger partial charge in [0.1, 0.15) is 0 Å². The molecule has 0 fully saturated rings. The summed E-state index contributed by atoms with van der Waals surface area (Å²) in [4.78, 5) is 14.1. The maximum Gasteiger partial charge on any atom is 0.251 e. The van der Waals surface area contributed by atoms with Gasteiger partial charge in [-0.3, -0.25) is 4.79 Å². The third-order valence-corrected chi connectivity index (χ3v) is 3.81. The van der Waals surface area contributed by atoms with E-state index >= 15 is 0 Å². The molecule has 0 radical (unpaired) electrons. The summed E-state index contributed by atoms with van der Waals surface area (Å²) < 4.78 is 0. The summed E-state index contributed by atoms with van der Waals surface area (Å²) in [5.74, 6) is -0.00475. The molecule has 0 bridgehead atoms. The quantitative estimate of drug-likeness (QED) is 0.765. The van der Waals surface area contributed by atoms with Gasteiger partial charge in [0, 0.05) is 23.3 Å². The van der Waals surface area contributed by atoms with E-state index in [0.29, 0.717) is 5.02 Å². The van der Waals surface area contributed by atoms with Crippen LogP contribution in [0.15, 0.2) is 54.6 Å². The van der Waals surface area contributed by atoms with Crippen molar-refractivity contribution in [3.8, 4) is 0 Å². The van der Waals surface area contributed by atoms with Crippen LogP contribution in [0, 0.1) is 0 Å². The van der Waals surface area contributed by atoms with Crippen LogP contribution in [-0.2, 0) is 11.2 Å². The number of para-hydroxylation sites is 1. The lowest BCUT2D eigenvalue weighted by atomic mass is 10.2. The largest absolute Gasteiger partial charge is 0.308 e. The number of rotatable bonds is 2. The number of carbonyl (C=O) groups excluding carboxylic acids is 1. The van der Waals surface area contributed by atoms with Gasteiger partial charge in [-0.1, -0.05) is 48.0 Å². The van der Waals surface area contributed by atoms with Gasteiger partial charge in [-0.05, 0) is 35.8 Å². The molecule has 3 rings (SSSR count). The molecule has 0 aromatic heterocycles. The third kappa shape index (κ3) is 2.47. The lowest BCUT2D eigenvalue weighted by molar-refractivity contribution is -0.114. The van der Waals surface area contributed by atoms with Crippen molar-refractivity contribution in [3.63, 3.8) is 0 Å². The first kappa shape index (κ1) is 12.9. The van der Waals surface area contributed by atoms with Gasteiger partial charge in [-0.25, -0.2) is 0 Å². The van der Waals surface area contributed by atoms with Crippen molar-refractivity contribution in [2.24, 2.45) is 0 Å². The smallest absolute Gasteiger partial charge is 0.251 e. The second-order valence-electron chi connectivity index (χ2n) is 4.72. The Labute approximate surface area is 123 Å². The number of fused-ring (bicyclic) bond motifs is 1. The van der Waals surface area contributed by atoms with Crippen LogP contribution in [0.2, 0.25) is 5.02 Å². The first-order valence-electron chi connectivity index (χ1n) is 6.58. The molecule has 3 heteroatoms. The fourth-order valence-corrected chi connectivity index (χ4v) is 2.63. The number of carbonyl (C=O) groups is 1. The van der Waals surface area contributed by atoms with Crippen LogP contribution in [0.5, 0.6) is 0 Å². The Morgan fingerprint density at radius 3 is 2.70 bits per heavy atom. The Morgan fingerprint density at radius 1 is 1.10 bits per heavy atom. The highest BCUT2D eigenvalue weighted by Gasteiger charge is 2.22. The maximum absolute atomic E-state index is 12.3. The van der Waals surface area contributed by atoms with Gasteiger partial charge in [0.25, 0.3) is 5.91 Å². The van der Waals surface area contributed by atoms with Crippen LogP contribution >= 0.6 is 11.6 Å². The van der Waals surface area contributed by atoms with Gasteiger partial charge < -0.3 is 4.90 Å². The summed E-state index contributed by atoms with van der Waals surface area (Å²) in [6.45, 7) is 0.741. The van der Waals surface area contributed by atoms with E-state index in [1.165, 1.54) is 5.56 Å². The molecular weight excluding hydrogens is 270 g/mol. The minimum atomic E-state index is -0.00475. The van der Waals surface area contributed by atoms with Crippen molar-refractivity contribution in [1.29, 1.82) is 0 Å². The molecule has 20 heavy (non-hydrogen) atoms. The zero-order chi connectivity index (χ0) is 13.9. The van der Waals surface area contributed by atoms with Crippen molar-refractivity contribution in [2.75, 3.05) is 11.4 Å². The molecule has 0 N–H and O–H groups in total. The van der Waals surface area contributed by atoms with E-state index in [2.05, 4.69) is 6.07 Å². The van der Waals surface area contributed by atoms with Gasteiger partial charge >= 0.3 is 0 Å². The van der Waals surface area contributed by atoms with E-state index in [1.54, 1.807) is 12.2 Å². The molecule has 2 aromatic rings. The van der Waals surface area contributed by atoms with Crippen molar-refractivity contribution >= 4 is 29.3 Å². The fourth-order valence-electron chi connectivity index (χ4n) is 2.43. The van der Waals surface area contributed by atoms with Crippen LogP contribution in [0.1, 0.15) is 11.1 Å². The first-order chi connectivity index (χ1) is 9.75. The van der Waals surface area contributed by atoms with E-state index < -0.39 is 0 Å². The molecule has 100 valence electrons. The van der Waals surface area contributed by atoms with Gasteiger partial charge in [-0.2, -0.15) is 0 Å². The minimum Gasteiger partial charge on any atom is -0.308 e. The number of halogens is 1. The number of nitrogens with zero attached hydrogens (tertiary/aromatic N) is 1. The Balaban J connectivity index is 1.80. The molecule has 0 unspecified atom stereocenters. The zero-order valence-electron chi connectivity index (χ0n) is 10.9. The standard InChI is InChI=1S/C17H14ClNO/c18-15-7-3-1-5-13(15)9-10-17(20)19-12-11-14-6-2-4-8-16(14)19/h1-10H,11-12H2/b10-9+. The number of hydrogen-bond donors (Lipinski definition) is 0. The van der Waals surface area contributed by atoms with E-state index in [-0.39, 0.29) is 5.91 Å². The molecule has 0 atom stereocenters. The van der Waals surface area contributed by atoms with Crippen LogP contribution in [0.4, 0.5) is 5.69 Å². The zero-order valence-corrected chi connectivity index (χ0v) is 11.7. The van der Waals surface area contributed by atoms with E-state index in [1.807, 2.05) is 47.4 Å². The highest BCUT2D eigenvalue weighted by atomic mass is 35.5. The molecule has 1 aliphatic rings. The van der Waals surface area contributed by atoms with E-state index in [0.717, 1.165) is 24.2 Å². The average molecular weight is 284 g/mol. The number of hydrogen-bond acceptors (Lipinski definition) is 1. The maximum atomic E-state index is 12.3. The molecule has 0 aliphatic carbocycles. The molecule has 0 saturated heterocycles. The normalized spacial score (nSPS) is 13.8. The van der Waals surface area contributed by atoms with Gasteiger partial charge in [0.05, 0.1) is 0 Å². The molecule has 1 amide bonds. The minimum absolute atomic E-state index is 0.00475. The van der Waals surface area contributed by atoms with Crippen molar-refractivity contribution in [2.45, 2.75) is 6.42 Å². The Hall–Kier alpha value is -2.06. The monoisotopic (exact) mass is 283 g/mol. The molecule has 2 nitrogen and oxygen atoms in total. The van der Waals surface area contributed by atoms with E-state index in [4.69, 9.17) is 11.6 Å². The van der Waals surface area contributed by atoms with E-state index in [9.17, 15) is 4.79 Å². The van der Waals surface area contributed by atoms with Crippen LogP contribution in [0.25, 0.3) is 6.08 Å². The third-order valence-electron chi connectivity index (χ3n) is 3.46. The molecule has 1 aliphatic heterocycles. The average Bonchev–Trinajstić information content (AvgIpc) is 2.90. The summed E-state index contributed by atoms with van der Waals surface area (Å²) in [5.41, 5.74) is 3.10. The predicted molar refractivity (Wildman–Crippen MR) is 83.0 cm³/mol. The van der Waals surface area contributed by atoms with Crippen LogP contribution in [0.3, 0.4) is 0 Å². The number of amides is 1. The Kier molecular flexibility index (Phi) is 3.57. The lowest BCUT2D eigenvalue weighted by Gasteiger charge is -2.14. The number of anilines is 1. The second-order valence-corrected chi connectivity index (χ2v) is 5.13. The summed E-state index contributed by atoms with van der Waals surface area (Å²) in [5, 5.41) is 0.651. The predicted octanol–water partition coefficient (Wildman–Crippen LogP) is 3.94. The molecule has 0 spiro atoms. The Bertz CT molecular complexity index is 678. The van der Waals surface area contributed by atoms with Gasteiger partial charge in [-0.15, -0.1) is 0 Å². The first-order valence-corrected chi connectivity index (χ1v) is 6.95. The van der Waals surface area contributed by atoms with Crippen LogP contribution in [-0.4, -0.2) is 12.5 Å². The Morgan fingerprint density at radius 2 is 1.85 bits per heavy atom. The van der Waals surface area contributed by atoms with Crippen LogP contribution < -0.4 is 4.90 Å². The summed E-state index contributed by atoms with van der Waals surface area (Å²) in [6, 6.07) is 15.5. The van der Waals surface area contributed by atoms with Gasteiger partial charge in [0.2, 0.25) is 0 Å². The molecule has 0 saturated carbocycles. The molecule has 2 aromatic carbocycles. The lowest BCUT2D eigenvalue weighted by Crippen LogP contribution is -2.26. The van der Waals surface area contributed by atoms with Gasteiger partial charge in [0.15, 0.2) is 0 Å². The van der Waals surface area contributed by atoms with Crippen molar-refractivity contribution in [3.05, 3.63) is 70.8 Å². The summed E-state index contributed by atoms with van der Waals surface area (Å²) in [6.07, 6.45) is 4.27. The second kappa shape index (κ2) is 5.51. The fraction of sp³-hybridized carbons (Fsp3) is 0.118. The molecule has 1 heterocycles. The highest BCUT2D eigenvalue weighted by Crippen LogP contribution is 2.27. The highest BCUT2D eigenvalue weighted by molar-refractivity contribution is 6.32. The SMILES string of the molecule is O=C(/C=C/c1ccccc1Cl)N1CCc2ccccc21. The van der Waals surface area contributed by atoms with Crippen molar-refractivity contribution < 1.29 is 4.79 Å². The summed E-state index contributed by atoms with van der Waals surface area (Å²) in [7, 11) is 0. The van der Waals surface area contributed by atoms with Crippen molar-refractivity contribution in [1.82, 2.24) is 0 Å². The number of benzene rings is 2.